The average molecular weight is 204 g/mol. The summed E-state index contributed by atoms with van der Waals surface area (Å²) < 4.78 is 0. The quantitative estimate of drug-likeness (QED) is 0.666. The van der Waals surface area contributed by atoms with Crippen molar-refractivity contribution in [2.24, 2.45) is 5.92 Å². The number of rotatable bonds is 2. The molecular weight excluding hydrogens is 180 g/mol. The first-order valence-electron chi connectivity index (χ1n) is 5.90. The van der Waals surface area contributed by atoms with Crippen LogP contribution in [0.3, 0.4) is 0 Å². The Labute approximate surface area is 94.7 Å². The van der Waals surface area contributed by atoms with E-state index in [-0.39, 0.29) is 5.41 Å². The predicted octanol–water partition coefficient (Wildman–Crippen LogP) is 4.49. The van der Waals surface area contributed by atoms with E-state index in [2.05, 4.69) is 59.7 Å². The maximum absolute atomic E-state index is 2.37. The molecule has 0 saturated heterocycles. The van der Waals surface area contributed by atoms with E-state index in [0.717, 1.165) is 5.92 Å². The fraction of sp³-hybridized carbons (Fsp3) is 0.600. The minimum atomic E-state index is 0.262. The summed E-state index contributed by atoms with van der Waals surface area (Å²) in [5, 5.41) is 0. The van der Waals surface area contributed by atoms with Gasteiger partial charge in [-0.1, -0.05) is 58.4 Å². The molecule has 0 radical (unpaired) electrons. The topological polar surface area (TPSA) is 0 Å². The van der Waals surface area contributed by atoms with Crippen LogP contribution in [0.2, 0.25) is 0 Å². The maximum Gasteiger partial charge on any atom is -0.0132 e. The summed E-state index contributed by atoms with van der Waals surface area (Å²) in [7, 11) is 0. The van der Waals surface area contributed by atoms with Crippen LogP contribution in [-0.2, 0) is 11.8 Å². The molecule has 0 heteroatoms. The lowest BCUT2D eigenvalue weighted by Crippen LogP contribution is -2.12. The summed E-state index contributed by atoms with van der Waals surface area (Å²) in [5.41, 5.74) is 4.59. The van der Waals surface area contributed by atoms with E-state index in [9.17, 15) is 0 Å². The molecule has 0 saturated carbocycles. The number of benzene rings is 1. The van der Waals surface area contributed by atoms with Gasteiger partial charge in [-0.15, -0.1) is 0 Å². The molecule has 84 valence electrons. The van der Waals surface area contributed by atoms with Crippen molar-refractivity contribution >= 4 is 0 Å². The zero-order valence-corrected chi connectivity index (χ0v) is 11.0. The Morgan fingerprint density at radius 1 is 1.07 bits per heavy atom. The van der Waals surface area contributed by atoms with E-state index in [1.165, 1.54) is 23.1 Å². The summed E-state index contributed by atoms with van der Waals surface area (Å²) in [6.07, 6.45) is 1.19. The zero-order chi connectivity index (χ0) is 11.6. The molecule has 0 atom stereocenters. The van der Waals surface area contributed by atoms with Gasteiger partial charge < -0.3 is 0 Å². The Hall–Kier alpha value is -0.780. The molecule has 0 aliphatic rings. The molecule has 0 N–H and O–H groups in total. The molecule has 0 aliphatic carbocycles. The lowest BCUT2D eigenvalue weighted by molar-refractivity contribution is 0.585. The van der Waals surface area contributed by atoms with Gasteiger partial charge in [0.15, 0.2) is 0 Å². The molecule has 0 spiro atoms. The van der Waals surface area contributed by atoms with E-state index in [4.69, 9.17) is 0 Å². The molecule has 0 heterocycles. The molecule has 1 rings (SSSR count). The Morgan fingerprint density at radius 2 is 1.67 bits per heavy atom. The Morgan fingerprint density at radius 3 is 2.13 bits per heavy atom. The SMILES string of the molecule is Cc1cc(CC(C)C)cc(C(C)(C)C)c1. The van der Waals surface area contributed by atoms with Gasteiger partial charge in [-0.25, -0.2) is 0 Å². The largest absolute Gasteiger partial charge is 0.0625 e. The van der Waals surface area contributed by atoms with Crippen LogP contribution < -0.4 is 0 Å². The lowest BCUT2D eigenvalue weighted by atomic mass is 9.84. The first-order valence-corrected chi connectivity index (χ1v) is 5.90. The van der Waals surface area contributed by atoms with Crippen molar-refractivity contribution < 1.29 is 0 Å². The maximum atomic E-state index is 2.37. The van der Waals surface area contributed by atoms with E-state index in [1.807, 2.05) is 0 Å². The Kier molecular flexibility index (Phi) is 3.59. The zero-order valence-electron chi connectivity index (χ0n) is 11.0. The van der Waals surface area contributed by atoms with Crippen molar-refractivity contribution in [1.29, 1.82) is 0 Å². The van der Waals surface area contributed by atoms with Gasteiger partial charge in [0.05, 0.1) is 0 Å². The molecule has 0 amide bonds. The molecule has 1 aromatic carbocycles. The van der Waals surface area contributed by atoms with E-state index in [1.54, 1.807) is 0 Å². The fourth-order valence-corrected chi connectivity index (χ4v) is 1.88. The first kappa shape index (κ1) is 12.3. The van der Waals surface area contributed by atoms with Gasteiger partial charge in [0, 0.05) is 0 Å². The summed E-state index contributed by atoms with van der Waals surface area (Å²) in [6, 6.07) is 6.99. The highest BCUT2D eigenvalue weighted by Crippen LogP contribution is 2.25. The van der Waals surface area contributed by atoms with Crippen molar-refractivity contribution in [2.45, 2.75) is 53.4 Å². The predicted molar refractivity (Wildman–Crippen MR) is 68.4 cm³/mol. The standard InChI is InChI=1S/C15H24/c1-11(2)7-13-8-12(3)9-14(10-13)15(4,5)6/h8-11H,7H2,1-6H3. The second-order valence-electron chi connectivity index (χ2n) is 6.06. The van der Waals surface area contributed by atoms with Crippen molar-refractivity contribution in [3.63, 3.8) is 0 Å². The highest BCUT2D eigenvalue weighted by atomic mass is 14.2. The third kappa shape index (κ3) is 3.70. The third-order valence-electron chi connectivity index (χ3n) is 2.65. The Bertz CT molecular complexity index is 326. The highest BCUT2D eigenvalue weighted by molar-refractivity contribution is 5.33. The second-order valence-corrected chi connectivity index (χ2v) is 6.06. The van der Waals surface area contributed by atoms with Crippen LogP contribution in [0.15, 0.2) is 18.2 Å². The second kappa shape index (κ2) is 4.38. The number of hydrogen-bond acceptors (Lipinski definition) is 0. The summed E-state index contributed by atoms with van der Waals surface area (Å²) in [5.74, 6) is 0.736. The number of hydrogen-bond donors (Lipinski definition) is 0. The molecule has 15 heavy (non-hydrogen) atoms. The molecule has 0 nitrogen and oxygen atoms in total. The molecule has 0 fully saturated rings. The molecule has 0 bridgehead atoms. The average Bonchev–Trinajstić information content (AvgIpc) is 1.99. The summed E-state index contributed by atoms with van der Waals surface area (Å²) >= 11 is 0. The van der Waals surface area contributed by atoms with Gasteiger partial charge in [0.25, 0.3) is 0 Å². The molecule has 1 aromatic rings. The van der Waals surface area contributed by atoms with Crippen molar-refractivity contribution in [3.8, 4) is 0 Å². The molecule has 0 aromatic heterocycles. The van der Waals surface area contributed by atoms with Crippen LogP contribution in [0.5, 0.6) is 0 Å². The monoisotopic (exact) mass is 204 g/mol. The third-order valence-corrected chi connectivity index (χ3v) is 2.65. The van der Waals surface area contributed by atoms with E-state index >= 15 is 0 Å². The van der Waals surface area contributed by atoms with Crippen molar-refractivity contribution in [2.75, 3.05) is 0 Å². The van der Waals surface area contributed by atoms with Gasteiger partial charge in [-0.05, 0) is 35.8 Å². The van der Waals surface area contributed by atoms with Crippen LogP contribution in [0.25, 0.3) is 0 Å². The van der Waals surface area contributed by atoms with E-state index < -0.39 is 0 Å². The van der Waals surface area contributed by atoms with Crippen LogP contribution in [0, 0.1) is 12.8 Å². The molecule has 0 unspecified atom stereocenters. The lowest BCUT2D eigenvalue weighted by Gasteiger charge is -2.21. The van der Waals surface area contributed by atoms with Crippen LogP contribution in [-0.4, -0.2) is 0 Å². The summed E-state index contributed by atoms with van der Waals surface area (Å²) in [4.78, 5) is 0. The van der Waals surface area contributed by atoms with Crippen LogP contribution >= 0.6 is 0 Å². The molecular formula is C15H24. The highest BCUT2D eigenvalue weighted by Gasteiger charge is 2.14. The minimum absolute atomic E-state index is 0.262. The van der Waals surface area contributed by atoms with Gasteiger partial charge in [0.2, 0.25) is 0 Å². The van der Waals surface area contributed by atoms with E-state index in [0.29, 0.717) is 0 Å². The van der Waals surface area contributed by atoms with Gasteiger partial charge >= 0.3 is 0 Å². The van der Waals surface area contributed by atoms with Crippen molar-refractivity contribution in [1.82, 2.24) is 0 Å². The normalized spacial score (nSPS) is 12.2. The van der Waals surface area contributed by atoms with Crippen molar-refractivity contribution in [3.05, 3.63) is 34.9 Å². The van der Waals surface area contributed by atoms with Gasteiger partial charge in [-0.2, -0.15) is 0 Å². The number of aryl methyl sites for hydroxylation is 1. The fourth-order valence-electron chi connectivity index (χ4n) is 1.88. The Balaban J connectivity index is 3.06. The van der Waals surface area contributed by atoms with Crippen LogP contribution in [0.4, 0.5) is 0 Å². The van der Waals surface area contributed by atoms with Gasteiger partial charge in [-0.3, -0.25) is 0 Å². The van der Waals surface area contributed by atoms with Crippen LogP contribution in [0.1, 0.15) is 51.3 Å². The van der Waals surface area contributed by atoms with Gasteiger partial charge in [0.1, 0.15) is 0 Å². The first-order chi connectivity index (χ1) is 6.79. The molecule has 0 aliphatic heterocycles. The minimum Gasteiger partial charge on any atom is -0.0625 e. The summed E-state index contributed by atoms with van der Waals surface area (Å²) in [6.45, 7) is 13.6. The smallest absolute Gasteiger partial charge is 0.0132 e.